The summed E-state index contributed by atoms with van der Waals surface area (Å²) in [5.74, 6) is 0.833. The second kappa shape index (κ2) is 7.78. The summed E-state index contributed by atoms with van der Waals surface area (Å²) in [6, 6.07) is 5.95. The first-order valence-corrected chi connectivity index (χ1v) is 8.94. The Morgan fingerprint density at radius 2 is 1.88 bits per heavy atom. The predicted molar refractivity (Wildman–Crippen MR) is 97.9 cm³/mol. The van der Waals surface area contributed by atoms with Crippen molar-refractivity contribution in [2.24, 2.45) is 5.92 Å². The van der Waals surface area contributed by atoms with Gasteiger partial charge >= 0.3 is 0 Å². The molecule has 3 rings (SSSR count). The van der Waals surface area contributed by atoms with Crippen LogP contribution < -0.4 is 0 Å². The van der Waals surface area contributed by atoms with Crippen LogP contribution in [0.5, 0.6) is 0 Å². The molecule has 0 aliphatic carbocycles. The highest BCUT2D eigenvalue weighted by Crippen LogP contribution is 2.24. The van der Waals surface area contributed by atoms with Gasteiger partial charge in [0.05, 0.1) is 11.3 Å². The van der Waals surface area contributed by atoms with Gasteiger partial charge in [0.25, 0.3) is 5.91 Å². The predicted octanol–water partition coefficient (Wildman–Crippen LogP) is 2.38. The van der Waals surface area contributed by atoms with Crippen molar-refractivity contribution >= 4 is 5.91 Å². The number of hydrogen-bond acceptors (Lipinski definition) is 4. The zero-order valence-electron chi connectivity index (χ0n) is 15.4. The zero-order valence-corrected chi connectivity index (χ0v) is 15.4. The lowest BCUT2D eigenvalue weighted by molar-refractivity contribution is 0.0683. The van der Waals surface area contributed by atoms with Crippen LogP contribution in [-0.4, -0.2) is 64.2 Å². The van der Waals surface area contributed by atoms with Gasteiger partial charge < -0.3 is 9.80 Å². The third-order valence-corrected chi connectivity index (χ3v) is 4.97. The largest absolute Gasteiger partial charge is 0.339 e. The van der Waals surface area contributed by atoms with E-state index >= 15 is 0 Å². The van der Waals surface area contributed by atoms with Crippen molar-refractivity contribution < 1.29 is 4.79 Å². The van der Waals surface area contributed by atoms with Crippen molar-refractivity contribution in [2.45, 2.75) is 26.2 Å². The fourth-order valence-corrected chi connectivity index (χ4v) is 3.41. The molecule has 6 heteroatoms. The summed E-state index contributed by atoms with van der Waals surface area (Å²) in [6.07, 6.45) is 6.66. The number of amides is 1. The summed E-state index contributed by atoms with van der Waals surface area (Å²) in [7, 11) is 4.23. The van der Waals surface area contributed by atoms with Crippen molar-refractivity contribution in [3.63, 3.8) is 0 Å². The van der Waals surface area contributed by atoms with Gasteiger partial charge in [0.15, 0.2) is 0 Å². The second-order valence-corrected chi connectivity index (χ2v) is 7.22. The van der Waals surface area contributed by atoms with Crippen molar-refractivity contribution in [1.82, 2.24) is 24.6 Å². The molecule has 1 amide bonds. The molecule has 0 saturated carbocycles. The Bertz CT molecular complexity index is 703. The Kier molecular flexibility index (Phi) is 5.48. The Morgan fingerprint density at radius 1 is 1.20 bits per heavy atom. The number of nitrogens with zero attached hydrogens (tertiary/aromatic N) is 5. The molecule has 6 nitrogen and oxygen atoms in total. The smallest absolute Gasteiger partial charge is 0.255 e. The van der Waals surface area contributed by atoms with Gasteiger partial charge in [-0.25, -0.2) is 0 Å². The second-order valence-electron chi connectivity index (χ2n) is 7.22. The fraction of sp³-hybridized carbons (Fsp3) is 0.526. The minimum Gasteiger partial charge on any atom is -0.339 e. The number of carbonyl (C=O) groups is 1. The van der Waals surface area contributed by atoms with E-state index in [1.165, 1.54) is 6.42 Å². The van der Waals surface area contributed by atoms with E-state index in [0.717, 1.165) is 55.2 Å². The molecule has 0 bridgehead atoms. The first-order chi connectivity index (χ1) is 12.0. The molecule has 0 N–H and O–H groups in total. The van der Waals surface area contributed by atoms with Gasteiger partial charge in [-0.05, 0) is 64.9 Å². The summed E-state index contributed by atoms with van der Waals surface area (Å²) in [5, 5.41) is 7.73. The van der Waals surface area contributed by atoms with E-state index in [1.54, 1.807) is 17.2 Å². The van der Waals surface area contributed by atoms with Crippen LogP contribution in [0, 0.1) is 12.8 Å². The molecule has 1 aromatic heterocycles. The van der Waals surface area contributed by atoms with Crippen LogP contribution >= 0.6 is 0 Å². The molecular formula is C19H27N5O. The number of likely N-dealkylation sites (tertiary alicyclic amines) is 1. The third kappa shape index (κ3) is 4.25. The Morgan fingerprint density at radius 3 is 2.52 bits per heavy atom. The Labute approximate surface area is 149 Å². The molecule has 1 fully saturated rings. The molecule has 0 spiro atoms. The standard InChI is InChI=1S/C19H27N5O/c1-15-4-5-18(24-13-20-21-14-24)17(12-15)19(25)23-10-7-16(8-11-23)6-9-22(2)3/h4-5,12-14,16H,6-11H2,1-3H3. The van der Waals surface area contributed by atoms with Gasteiger partial charge in [-0.3, -0.25) is 9.36 Å². The molecule has 0 radical (unpaired) electrons. The summed E-state index contributed by atoms with van der Waals surface area (Å²) < 4.78 is 1.80. The topological polar surface area (TPSA) is 54.3 Å². The first kappa shape index (κ1) is 17.6. The number of piperidine rings is 1. The fourth-order valence-electron chi connectivity index (χ4n) is 3.41. The Balaban J connectivity index is 1.71. The number of benzene rings is 1. The van der Waals surface area contributed by atoms with Crippen molar-refractivity contribution in [3.05, 3.63) is 42.0 Å². The molecule has 0 unspecified atom stereocenters. The SMILES string of the molecule is Cc1ccc(-n2cnnc2)c(C(=O)N2CCC(CCN(C)C)CC2)c1. The van der Waals surface area contributed by atoms with Gasteiger partial charge in [-0.15, -0.1) is 10.2 Å². The number of carbonyl (C=O) groups excluding carboxylic acids is 1. The lowest BCUT2D eigenvalue weighted by Crippen LogP contribution is -2.39. The van der Waals surface area contributed by atoms with E-state index < -0.39 is 0 Å². The van der Waals surface area contributed by atoms with Crippen LogP contribution in [0.15, 0.2) is 30.9 Å². The van der Waals surface area contributed by atoms with Crippen LogP contribution in [0.2, 0.25) is 0 Å². The van der Waals surface area contributed by atoms with E-state index in [4.69, 9.17) is 0 Å². The first-order valence-electron chi connectivity index (χ1n) is 8.94. The average molecular weight is 341 g/mol. The highest BCUT2D eigenvalue weighted by Gasteiger charge is 2.25. The quantitative estimate of drug-likeness (QED) is 0.838. The van der Waals surface area contributed by atoms with Crippen LogP contribution in [0.3, 0.4) is 0 Å². The maximum absolute atomic E-state index is 13.1. The van der Waals surface area contributed by atoms with Crippen LogP contribution in [0.4, 0.5) is 0 Å². The van der Waals surface area contributed by atoms with E-state index in [-0.39, 0.29) is 5.91 Å². The molecule has 1 aliphatic rings. The summed E-state index contributed by atoms with van der Waals surface area (Å²) in [5.41, 5.74) is 2.66. The molecule has 25 heavy (non-hydrogen) atoms. The average Bonchev–Trinajstić information content (AvgIpc) is 3.14. The molecule has 1 aromatic carbocycles. The molecule has 1 saturated heterocycles. The zero-order chi connectivity index (χ0) is 17.8. The summed E-state index contributed by atoms with van der Waals surface area (Å²) in [4.78, 5) is 17.3. The van der Waals surface area contributed by atoms with Gasteiger partial charge in [0.2, 0.25) is 0 Å². The number of aryl methyl sites for hydroxylation is 1. The van der Waals surface area contributed by atoms with Crippen molar-refractivity contribution in [2.75, 3.05) is 33.7 Å². The van der Waals surface area contributed by atoms with Crippen LogP contribution in [0.1, 0.15) is 35.2 Å². The van der Waals surface area contributed by atoms with Crippen molar-refractivity contribution in [3.8, 4) is 5.69 Å². The van der Waals surface area contributed by atoms with E-state index in [9.17, 15) is 4.79 Å². The normalized spacial score (nSPS) is 15.8. The van der Waals surface area contributed by atoms with Gasteiger partial charge in [-0.1, -0.05) is 11.6 Å². The third-order valence-electron chi connectivity index (χ3n) is 4.97. The molecule has 134 valence electrons. The minimum absolute atomic E-state index is 0.110. The van der Waals surface area contributed by atoms with Gasteiger partial charge in [0.1, 0.15) is 12.7 Å². The lowest BCUT2D eigenvalue weighted by atomic mass is 9.93. The van der Waals surface area contributed by atoms with Crippen LogP contribution in [-0.2, 0) is 0 Å². The monoisotopic (exact) mass is 341 g/mol. The highest BCUT2D eigenvalue weighted by atomic mass is 16.2. The maximum atomic E-state index is 13.1. The number of rotatable bonds is 5. The van der Waals surface area contributed by atoms with E-state index in [1.807, 2.05) is 30.0 Å². The minimum atomic E-state index is 0.110. The van der Waals surface area contributed by atoms with Crippen LogP contribution in [0.25, 0.3) is 5.69 Å². The Hall–Kier alpha value is -2.21. The molecular weight excluding hydrogens is 314 g/mol. The lowest BCUT2D eigenvalue weighted by Gasteiger charge is -2.33. The van der Waals surface area contributed by atoms with Gasteiger partial charge in [0, 0.05) is 13.1 Å². The maximum Gasteiger partial charge on any atom is 0.255 e. The highest BCUT2D eigenvalue weighted by molar-refractivity contribution is 5.98. The van der Waals surface area contributed by atoms with Gasteiger partial charge in [-0.2, -0.15) is 0 Å². The molecule has 2 heterocycles. The molecule has 0 atom stereocenters. The number of hydrogen-bond donors (Lipinski definition) is 0. The summed E-state index contributed by atoms with van der Waals surface area (Å²) >= 11 is 0. The van der Waals surface area contributed by atoms with Crippen molar-refractivity contribution in [1.29, 1.82) is 0 Å². The molecule has 1 aliphatic heterocycles. The summed E-state index contributed by atoms with van der Waals surface area (Å²) in [6.45, 7) is 4.81. The van der Waals surface area contributed by atoms with E-state index in [0.29, 0.717) is 0 Å². The number of aromatic nitrogens is 3. The molecule has 2 aromatic rings. The van der Waals surface area contributed by atoms with E-state index in [2.05, 4.69) is 29.2 Å².